The van der Waals surface area contributed by atoms with Crippen molar-refractivity contribution in [1.82, 2.24) is 4.90 Å². The molecule has 3 atom stereocenters. The lowest BCUT2D eigenvalue weighted by Gasteiger charge is -2.30. The third-order valence-corrected chi connectivity index (χ3v) is 5.24. The summed E-state index contributed by atoms with van der Waals surface area (Å²) in [5.74, 6) is 0.754. The number of carbonyl (C=O) groups excluding carboxylic acids is 1. The molecule has 2 N–H and O–H groups in total. The first-order chi connectivity index (χ1) is 12.1. The number of ether oxygens (including phenoxy) is 1. The van der Waals surface area contributed by atoms with Gasteiger partial charge in [-0.25, -0.2) is 4.79 Å². The second kappa shape index (κ2) is 8.68. The summed E-state index contributed by atoms with van der Waals surface area (Å²) in [5.41, 5.74) is 1.86. The number of hydrogen-bond acceptors (Lipinski definition) is 3. The van der Waals surface area contributed by atoms with Gasteiger partial charge in [0.25, 0.3) is 0 Å². The number of urea groups is 1. The lowest BCUT2D eigenvalue weighted by Crippen LogP contribution is -2.44. The van der Waals surface area contributed by atoms with Gasteiger partial charge in [-0.05, 0) is 49.3 Å². The Labute approximate surface area is 150 Å². The normalized spacial score (nSPS) is 27.1. The van der Waals surface area contributed by atoms with E-state index in [1.165, 1.54) is 12.8 Å². The number of nitrogens with one attached hydrogen (secondary N) is 1. The molecule has 1 aliphatic carbocycles. The molecule has 2 amide bonds. The van der Waals surface area contributed by atoms with Crippen molar-refractivity contribution in [2.45, 2.75) is 64.3 Å². The second-order valence-electron chi connectivity index (χ2n) is 7.58. The largest absolute Gasteiger partial charge is 0.391 e. The summed E-state index contributed by atoms with van der Waals surface area (Å²) in [4.78, 5) is 14.0. The van der Waals surface area contributed by atoms with E-state index in [1.807, 2.05) is 24.3 Å². The number of rotatable bonds is 4. The number of amides is 2. The van der Waals surface area contributed by atoms with Crippen LogP contribution in [0.2, 0.25) is 0 Å². The predicted octanol–water partition coefficient (Wildman–Crippen LogP) is 3.77. The van der Waals surface area contributed by atoms with Gasteiger partial charge in [0.1, 0.15) is 0 Å². The van der Waals surface area contributed by atoms with Crippen molar-refractivity contribution in [3.05, 3.63) is 29.8 Å². The van der Waals surface area contributed by atoms with E-state index >= 15 is 0 Å². The number of β-amino-alcohol motifs (C(OH)–C–C–N with tert-alkyl or cyclic N) is 1. The van der Waals surface area contributed by atoms with E-state index < -0.39 is 6.10 Å². The number of carbonyl (C=O) groups is 1. The van der Waals surface area contributed by atoms with Gasteiger partial charge in [-0.15, -0.1) is 0 Å². The van der Waals surface area contributed by atoms with Crippen molar-refractivity contribution in [2.24, 2.45) is 5.92 Å². The molecule has 5 heteroatoms. The molecule has 0 aromatic heterocycles. The molecule has 0 spiro atoms. The first-order valence-corrected chi connectivity index (χ1v) is 9.54. The summed E-state index contributed by atoms with van der Waals surface area (Å²) in [5, 5.41) is 12.7. The number of nitrogens with zero attached hydrogens (tertiary/aromatic N) is 1. The van der Waals surface area contributed by atoms with Gasteiger partial charge < -0.3 is 20.1 Å². The van der Waals surface area contributed by atoms with Crippen molar-refractivity contribution in [3.8, 4) is 0 Å². The molecule has 3 rings (SSSR count). The van der Waals surface area contributed by atoms with Gasteiger partial charge in [0, 0.05) is 18.8 Å². The van der Waals surface area contributed by atoms with Gasteiger partial charge in [-0.2, -0.15) is 0 Å². The molecule has 1 saturated carbocycles. The van der Waals surface area contributed by atoms with Crippen LogP contribution in [0.5, 0.6) is 0 Å². The van der Waals surface area contributed by atoms with Crippen molar-refractivity contribution in [3.63, 3.8) is 0 Å². The molecule has 1 saturated heterocycles. The number of hydrogen-bond donors (Lipinski definition) is 2. The molecule has 0 bridgehead atoms. The summed E-state index contributed by atoms with van der Waals surface area (Å²) in [7, 11) is 0. The van der Waals surface area contributed by atoms with Crippen LogP contribution < -0.4 is 5.32 Å². The van der Waals surface area contributed by atoms with E-state index in [0.717, 1.165) is 42.9 Å². The minimum Gasteiger partial charge on any atom is -0.391 e. The molecule has 1 aliphatic heterocycles. The third-order valence-electron chi connectivity index (χ3n) is 5.24. The maximum absolute atomic E-state index is 12.3. The second-order valence-corrected chi connectivity index (χ2v) is 7.58. The maximum Gasteiger partial charge on any atom is 0.321 e. The number of likely N-dealkylation sites (tertiary alicyclic amines) is 1. The van der Waals surface area contributed by atoms with E-state index in [2.05, 4.69) is 12.2 Å². The lowest BCUT2D eigenvalue weighted by atomic mass is 9.89. The highest BCUT2D eigenvalue weighted by Crippen LogP contribution is 2.26. The van der Waals surface area contributed by atoms with Crippen LogP contribution in [0, 0.1) is 5.92 Å². The molecule has 2 aliphatic rings. The minimum atomic E-state index is -0.405. The monoisotopic (exact) mass is 346 g/mol. The predicted molar refractivity (Wildman–Crippen MR) is 98.5 cm³/mol. The van der Waals surface area contributed by atoms with E-state index in [4.69, 9.17) is 4.74 Å². The number of piperidine rings is 1. The third kappa shape index (κ3) is 5.44. The molecule has 5 nitrogen and oxygen atoms in total. The summed E-state index contributed by atoms with van der Waals surface area (Å²) < 4.78 is 6.07. The number of anilines is 1. The average molecular weight is 346 g/mol. The number of aliphatic hydroxyl groups is 1. The van der Waals surface area contributed by atoms with Crippen LogP contribution in [0.4, 0.5) is 10.5 Å². The van der Waals surface area contributed by atoms with Crippen molar-refractivity contribution >= 4 is 11.7 Å². The lowest BCUT2D eigenvalue weighted by molar-refractivity contribution is 0.00468. The van der Waals surface area contributed by atoms with Crippen LogP contribution in [0.1, 0.15) is 51.0 Å². The van der Waals surface area contributed by atoms with Gasteiger partial charge in [0.05, 0.1) is 18.8 Å². The fraction of sp³-hybridized carbons (Fsp3) is 0.650. The van der Waals surface area contributed by atoms with Crippen molar-refractivity contribution in [1.29, 1.82) is 0 Å². The highest BCUT2D eigenvalue weighted by Gasteiger charge is 2.22. The smallest absolute Gasteiger partial charge is 0.321 e. The summed E-state index contributed by atoms with van der Waals surface area (Å²) >= 11 is 0. The molecule has 25 heavy (non-hydrogen) atoms. The molecule has 2 fully saturated rings. The zero-order chi connectivity index (χ0) is 17.6. The quantitative estimate of drug-likeness (QED) is 0.872. The Hall–Kier alpha value is -1.59. The van der Waals surface area contributed by atoms with Gasteiger partial charge in [0.2, 0.25) is 0 Å². The van der Waals surface area contributed by atoms with Crippen LogP contribution in [0.15, 0.2) is 24.3 Å². The number of aliphatic hydroxyl groups excluding tert-OH is 1. The molecule has 0 unspecified atom stereocenters. The summed E-state index contributed by atoms with van der Waals surface area (Å²) in [6.07, 6.45) is 6.44. The minimum absolute atomic E-state index is 0.141. The summed E-state index contributed by atoms with van der Waals surface area (Å²) in [6.45, 7) is 3.99. The first kappa shape index (κ1) is 18.2. The Morgan fingerprint density at radius 1 is 1.32 bits per heavy atom. The van der Waals surface area contributed by atoms with Crippen molar-refractivity contribution < 1.29 is 14.6 Å². The van der Waals surface area contributed by atoms with Gasteiger partial charge >= 0.3 is 6.03 Å². The fourth-order valence-electron chi connectivity index (χ4n) is 3.82. The zero-order valence-corrected chi connectivity index (χ0v) is 15.1. The summed E-state index contributed by atoms with van der Waals surface area (Å²) in [6, 6.07) is 7.71. The average Bonchev–Trinajstić information content (AvgIpc) is 2.60. The Morgan fingerprint density at radius 3 is 3.00 bits per heavy atom. The standard InChI is InChI=1S/C20H30N2O3/c1-15-5-2-9-19(11-15)25-14-16-6-3-7-17(12-16)21-20(24)22-10-4-8-18(23)13-22/h3,6-7,12,15,18-19,23H,2,4-5,8-11,13-14H2,1H3,(H,21,24)/t15-,18+,19+/m1/s1. The van der Waals surface area contributed by atoms with E-state index in [0.29, 0.717) is 25.8 Å². The van der Waals surface area contributed by atoms with E-state index in [-0.39, 0.29) is 6.03 Å². The zero-order valence-electron chi connectivity index (χ0n) is 15.1. The highest BCUT2D eigenvalue weighted by molar-refractivity contribution is 5.89. The Morgan fingerprint density at radius 2 is 2.20 bits per heavy atom. The highest BCUT2D eigenvalue weighted by atomic mass is 16.5. The van der Waals surface area contributed by atoms with Crippen molar-refractivity contribution in [2.75, 3.05) is 18.4 Å². The number of benzene rings is 1. The van der Waals surface area contributed by atoms with Gasteiger partial charge in [-0.3, -0.25) is 0 Å². The molecule has 1 aromatic rings. The van der Waals surface area contributed by atoms with Crippen LogP contribution >= 0.6 is 0 Å². The SMILES string of the molecule is C[C@@H]1CCC[C@H](OCc2cccc(NC(=O)N3CCC[C@H](O)C3)c2)C1. The van der Waals surface area contributed by atoms with Crippen LogP contribution in [-0.2, 0) is 11.3 Å². The molecule has 1 aromatic carbocycles. The molecule has 1 heterocycles. The van der Waals surface area contributed by atoms with E-state index in [1.54, 1.807) is 4.90 Å². The Bertz CT molecular complexity index is 578. The fourth-order valence-corrected chi connectivity index (χ4v) is 3.82. The van der Waals surface area contributed by atoms with Crippen LogP contribution in [-0.4, -0.2) is 41.3 Å². The molecule has 0 radical (unpaired) electrons. The molecular weight excluding hydrogens is 316 g/mol. The van der Waals surface area contributed by atoms with E-state index in [9.17, 15) is 9.90 Å². The Kier molecular flexibility index (Phi) is 6.32. The molecule has 138 valence electrons. The Balaban J connectivity index is 1.51. The van der Waals surface area contributed by atoms with Crippen LogP contribution in [0.25, 0.3) is 0 Å². The topological polar surface area (TPSA) is 61.8 Å². The first-order valence-electron chi connectivity index (χ1n) is 9.54. The molecular formula is C20H30N2O3. The van der Waals surface area contributed by atoms with Gasteiger partial charge in [0.15, 0.2) is 0 Å². The van der Waals surface area contributed by atoms with Gasteiger partial charge in [-0.1, -0.05) is 31.9 Å². The maximum atomic E-state index is 12.3. The van der Waals surface area contributed by atoms with Crippen LogP contribution in [0.3, 0.4) is 0 Å².